The fourth-order valence-electron chi connectivity index (χ4n) is 4.10. The van der Waals surface area contributed by atoms with Gasteiger partial charge in [-0.25, -0.2) is 0 Å². The molecule has 2 aromatic rings. The monoisotopic (exact) mass is 344 g/mol. The van der Waals surface area contributed by atoms with Crippen molar-refractivity contribution in [3.05, 3.63) is 70.8 Å². The molecule has 0 saturated heterocycles. The molecule has 0 radical (unpaired) electrons. The standard InChI is InChI=1S/C22H20N2O2/c1-22(2)10-17(25)20-18(11-22)26-21(24)16(12-23)19(20)15-9-5-7-13-6-3-4-8-14(13)15/h3-9,19H,10-11,24H2,1-2H3/t19-/m0/s1. The number of rotatable bonds is 1. The van der Waals surface area contributed by atoms with Crippen LogP contribution in [0.4, 0.5) is 0 Å². The molecule has 1 aliphatic heterocycles. The minimum atomic E-state index is -0.474. The average molecular weight is 344 g/mol. The van der Waals surface area contributed by atoms with E-state index in [-0.39, 0.29) is 17.1 Å². The first-order valence-electron chi connectivity index (χ1n) is 8.73. The second-order valence-corrected chi connectivity index (χ2v) is 7.77. The number of ketones is 1. The maximum atomic E-state index is 13.0. The molecule has 0 amide bonds. The van der Waals surface area contributed by atoms with Crippen molar-refractivity contribution in [2.75, 3.05) is 0 Å². The molecule has 0 saturated carbocycles. The lowest BCUT2D eigenvalue weighted by Gasteiger charge is -2.37. The van der Waals surface area contributed by atoms with Crippen LogP contribution in [0.2, 0.25) is 0 Å². The third-order valence-electron chi connectivity index (χ3n) is 5.21. The number of allylic oxidation sites excluding steroid dienone is 3. The Labute approximate surface area is 152 Å². The van der Waals surface area contributed by atoms with Gasteiger partial charge in [-0.2, -0.15) is 5.26 Å². The van der Waals surface area contributed by atoms with Crippen LogP contribution < -0.4 is 5.73 Å². The summed E-state index contributed by atoms with van der Waals surface area (Å²) in [4.78, 5) is 13.0. The van der Waals surface area contributed by atoms with Crippen LogP contribution >= 0.6 is 0 Å². The van der Waals surface area contributed by atoms with Gasteiger partial charge in [-0.1, -0.05) is 56.3 Å². The van der Waals surface area contributed by atoms with E-state index >= 15 is 0 Å². The van der Waals surface area contributed by atoms with E-state index in [4.69, 9.17) is 10.5 Å². The summed E-state index contributed by atoms with van der Waals surface area (Å²) in [6.07, 6.45) is 1.07. The summed E-state index contributed by atoms with van der Waals surface area (Å²) in [7, 11) is 0. The van der Waals surface area contributed by atoms with E-state index in [2.05, 4.69) is 6.07 Å². The van der Waals surface area contributed by atoms with E-state index in [1.807, 2.05) is 56.3 Å². The third-order valence-corrected chi connectivity index (χ3v) is 5.21. The zero-order valence-electron chi connectivity index (χ0n) is 14.9. The Morgan fingerprint density at radius 3 is 2.65 bits per heavy atom. The Kier molecular flexibility index (Phi) is 3.62. The predicted molar refractivity (Wildman–Crippen MR) is 99.6 cm³/mol. The number of nitrogens with zero attached hydrogens (tertiary/aromatic N) is 1. The number of ether oxygens (including phenoxy) is 1. The second-order valence-electron chi connectivity index (χ2n) is 7.77. The van der Waals surface area contributed by atoms with Crippen LogP contribution in [0.25, 0.3) is 10.8 Å². The van der Waals surface area contributed by atoms with Gasteiger partial charge >= 0.3 is 0 Å². The van der Waals surface area contributed by atoms with Crippen LogP contribution in [-0.2, 0) is 9.53 Å². The molecular weight excluding hydrogens is 324 g/mol. The number of fused-ring (bicyclic) bond motifs is 1. The highest BCUT2D eigenvalue weighted by atomic mass is 16.5. The summed E-state index contributed by atoms with van der Waals surface area (Å²) in [6.45, 7) is 4.09. The highest BCUT2D eigenvalue weighted by molar-refractivity contribution is 6.01. The lowest BCUT2D eigenvalue weighted by molar-refractivity contribution is -0.119. The molecule has 0 unspecified atom stereocenters. The number of carbonyl (C=O) groups is 1. The van der Waals surface area contributed by atoms with E-state index < -0.39 is 5.92 Å². The Morgan fingerprint density at radius 1 is 1.15 bits per heavy atom. The van der Waals surface area contributed by atoms with Crippen LogP contribution in [0.15, 0.2) is 65.3 Å². The first kappa shape index (κ1) is 16.4. The maximum Gasteiger partial charge on any atom is 0.205 e. The number of carbonyl (C=O) groups excluding carboxylic acids is 1. The summed E-state index contributed by atoms with van der Waals surface area (Å²) >= 11 is 0. The highest BCUT2D eigenvalue weighted by Crippen LogP contribution is 2.48. The molecule has 0 bridgehead atoms. The van der Waals surface area contributed by atoms with Gasteiger partial charge in [-0.05, 0) is 21.8 Å². The van der Waals surface area contributed by atoms with Gasteiger partial charge in [0, 0.05) is 18.4 Å². The molecular formula is C22H20N2O2. The summed E-state index contributed by atoms with van der Waals surface area (Å²) in [6, 6.07) is 16.1. The third kappa shape index (κ3) is 2.48. The molecule has 1 aliphatic carbocycles. The first-order valence-corrected chi connectivity index (χ1v) is 8.73. The van der Waals surface area contributed by atoms with Crippen LogP contribution in [0.3, 0.4) is 0 Å². The van der Waals surface area contributed by atoms with Crippen molar-refractivity contribution in [3.63, 3.8) is 0 Å². The highest BCUT2D eigenvalue weighted by Gasteiger charge is 2.43. The topological polar surface area (TPSA) is 76.1 Å². The molecule has 4 heteroatoms. The number of nitriles is 1. The minimum Gasteiger partial charge on any atom is -0.444 e. The Bertz CT molecular complexity index is 1030. The van der Waals surface area contributed by atoms with Gasteiger partial charge in [0.15, 0.2) is 5.78 Å². The molecule has 26 heavy (non-hydrogen) atoms. The fraction of sp³-hybridized carbons (Fsp3) is 0.273. The van der Waals surface area contributed by atoms with Gasteiger partial charge in [0.1, 0.15) is 17.4 Å². The zero-order chi connectivity index (χ0) is 18.5. The minimum absolute atomic E-state index is 0.0365. The SMILES string of the molecule is CC1(C)CC(=O)C2=C(C1)OC(N)=C(C#N)[C@@H]2c1cccc2ccccc12. The van der Waals surface area contributed by atoms with E-state index in [0.717, 1.165) is 16.3 Å². The van der Waals surface area contributed by atoms with Gasteiger partial charge in [-0.15, -0.1) is 0 Å². The molecule has 1 atom stereocenters. The number of Topliss-reactive ketones (excluding diaryl/α,β-unsaturated/α-hetero) is 1. The van der Waals surface area contributed by atoms with Crippen molar-refractivity contribution >= 4 is 16.6 Å². The number of nitrogens with two attached hydrogens (primary N) is 1. The van der Waals surface area contributed by atoms with E-state index in [0.29, 0.717) is 29.7 Å². The molecule has 2 aliphatic rings. The van der Waals surface area contributed by atoms with Crippen LogP contribution in [0, 0.1) is 16.7 Å². The molecule has 4 nitrogen and oxygen atoms in total. The van der Waals surface area contributed by atoms with Crippen LogP contribution in [-0.4, -0.2) is 5.78 Å². The summed E-state index contributed by atoms with van der Waals surface area (Å²) in [5.74, 6) is 0.281. The molecule has 4 rings (SSSR count). The number of hydrogen-bond acceptors (Lipinski definition) is 4. The van der Waals surface area contributed by atoms with E-state index in [1.54, 1.807) is 0 Å². The van der Waals surface area contributed by atoms with Gasteiger partial charge < -0.3 is 10.5 Å². The van der Waals surface area contributed by atoms with Gasteiger partial charge in [0.2, 0.25) is 5.88 Å². The summed E-state index contributed by atoms with van der Waals surface area (Å²) in [5.41, 5.74) is 7.74. The summed E-state index contributed by atoms with van der Waals surface area (Å²) in [5, 5.41) is 11.8. The van der Waals surface area contributed by atoms with Crippen LogP contribution in [0.5, 0.6) is 0 Å². The summed E-state index contributed by atoms with van der Waals surface area (Å²) < 4.78 is 5.76. The van der Waals surface area contributed by atoms with Crippen molar-refractivity contribution in [1.82, 2.24) is 0 Å². The lowest BCUT2D eigenvalue weighted by atomic mass is 9.70. The fourth-order valence-corrected chi connectivity index (χ4v) is 4.10. The predicted octanol–water partition coefficient (Wildman–Crippen LogP) is 4.29. The lowest BCUT2D eigenvalue weighted by Crippen LogP contribution is -2.33. The van der Waals surface area contributed by atoms with Crippen molar-refractivity contribution < 1.29 is 9.53 Å². The molecule has 0 aromatic heterocycles. The van der Waals surface area contributed by atoms with Gasteiger partial charge in [0.05, 0.1) is 5.92 Å². The average Bonchev–Trinajstić information content (AvgIpc) is 2.59. The Balaban J connectivity index is 1.99. The molecule has 0 spiro atoms. The van der Waals surface area contributed by atoms with Crippen LogP contribution in [0.1, 0.15) is 38.2 Å². The molecule has 2 N–H and O–H groups in total. The second kappa shape index (κ2) is 5.74. The smallest absolute Gasteiger partial charge is 0.205 e. The Hall–Kier alpha value is -3.06. The number of hydrogen-bond donors (Lipinski definition) is 1. The molecule has 2 aromatic carbocycles. The zero-order valence-corrected chi connectivity index (χ0v) is 14.9. The van der Waals surface area contributed by atoms with Crippen molar-refractivity contribution in [2.24, 2.45) is 11.1 Å². The molecule has 1 heterocycles. The molecule has 0 fully saturated rings. The largest absolute Gasteiger partial charge is 0.444 e. The van der Waals surface area contributed by atoms with Crippen molar-refractivity contribution in [1.29, 1.82) is 5.26 Å². The van der Waals surface area contributed by atoms with Gasteiger partial charge in [-0.3, -0.25) is 4.79 Å². The molecule has 130 valence electrons. The quantitative estimate of drug-likeness (QED) is 0.837. The van der Waals surface area contributed by atoms with E-state index in [1.165, 1.54) is 0 Å². The van der Waals surface area contributed by atoms with Crippen molar-refractivity contribution in [3.8, 4) is 6.07 Å². The first-order chi connectivity index (χ1) is 12.4. The van der Waals surface area contributed by atoms with E-state index in [9.17, 15) is 10.1 Å². The van der Waals surface area contributed by atoms with Gasteiger partial charge in [0.25, 0.3) is 0 Å². The van der Waals surface area contributed by atoms with Crippen molar-refractivity contribution in [2.45, 2.75) is 32.6 Å². The maximum absolute atomic E-state index is 13.0. The number of benzene rings is 2. The normalized spacial score (nSPS) is 22.0. The Morgan fingerprint density at radius 2 is 1.88 bits per heavy atom.